The molecule has 0 aromatic carbocycles. The molecular formula is C25H32IN5O4. The molecule has 2 aromatic heterocycles. The Bertz CT molecular complexity index is 1190. The Hall–Kier alpha value is -1.53. The molecule has 7 rings (SSSR count). The summed E-state index contributed by atoms with van der Waals surface area (Å²) < 4.78 is 21.0. The van der Waals surface area contributed by atoms with E-state index >= 15 is 0 Å². The van der Waals surface area contributed by atoms with Gasteiger partial charge in [0.15, 0.2) is 26.6 Å². The number of rotatable bonds is 7. The molecule has 0 amide bonds. The number of hydrogen-bond acceptors (Lipinski definition) is 8. The molecule has 2 aromatic rings. The van der Waals surface area contributed by atoms with E-state index in [1.807, 2.05) is 27.1 Å². The highest BCUT2D eigenvalue weighted by Crippen LogP contribution is 2.72. The maximum absolute atomic E-state index is 13.1. The van der Waals surface area contributed by atoms with Gasteiger partial charge < -0.3 is 24.1 Å². The van der Waals surface area contributed by atoms with Crippen LogP contribution in [0.25, 0.3) is 11.2 Å². The van der Waals surface area contributed by atoms with Crippen LogP contribution in [0.5, 0.6) is 0 Å². The Morgan fingerprint density at radius 2 is 2.03 bits per heavy atom. The quantitative estimate of drug-likeness (QED) is 0.292. The van der Waals surface area contributed by atoms with E-state index in [-0.39, 0.29) is 30.1 Å². The third kappa shape index (κ3) is 3.38. The van der Waals surface area contributed by atoms with E-state index < -0.39 is 11.2 Å². The number of esters is 1. The molecule has 0 unspecified atom stereocenters. The minimum atomic E-state index is -0.757. The number of carbonyl (C=O) groups is 1. The van der Waals surface area contributed by atoms with Crippen LogP contribution in [0.15, 0.2) is 6.33 Å². The number of anilines is 1. The van der Waals surface area contributed by atoms with Crippen molar-refractivity contribution < 1.29 is 19.0 Å². The number of fused-ring (bicyclic) bond motifs is 4. The van der Waals surface area contributed by atoms with E-state index in [1.54, 1.807) is 0 Å². The van der Waals surface area contributed by atoms with Crippen molar-refractivity contribution in [1.29, 1.82) is 0 Å². The van der Waals surface area contributed by atoms with Crippen molar-refractivity contribution >= 4 is 45.5 Å². The summed E-state index contributed by atoms with van der Waals surface area (Å²) in [6.07, 6.45) is 8.50. The van der Waals surface area contributed by atoms with Crippen molar-refractivity contribution in [3.05, 3.63) is 10.2 Å². The molecule has 1 N–H and O–H groups in total. The highest BCUT2D eigenvalue weighted by Gasteiger charge is 2.80. The fourth-order valence-corrected chi connectivity index (χ4v) is 7.40. The molecule has 5 aliphatic rings. The van der Waals surface area contributed by atoms with Gasteiger partial charge in [-0.05, 0) is 64.7 Å². The molecule has 0 spiro atoms. The standard InChI is InChI=1S/C25H32IN5O4/c1-4-33-22(32)25-10-14(25)17(18-19(25)35-24(2,3)34-18)31-11-27-16-20(29-23(26)30-21(16)31)28-15(13-8-9-13)12-6-5-7-12/h11-15,17-19H,4-10H2,1-3H3,(H,28,29,30)/t14-,15-,17-,18+,19+,25+/m1/s1. The Labute approximate surface area is 218 Å². The van der Waals surface area contributed by atoms with Crippen LogP contribution in [-0.2, 0) is 19.0 Å². The maximum Gasteiger partial charge on any atom is 0.315 e. The molecule has 35 heavy (non-hydrogen) atoms. The molecule has 9 nitrogen and oxygen atoms in total. The van der Waals surface area contributed by atoms with Gasteiger partial charge in [0.1, 0.15) is 17.6 Å². The minimum Gasteiger partial charge on any atom is -0.465 e. The van der Waals surface area contributed by atoms with E-state index in [9.17, 15) is 4.79 Å². The summed E-state index contributed by atoms with van der Waals surface area (Å²) >= 11 is 2.19. The summed E-state index contributed by atoms with van der Waals surface area (Å²) in [6.45, 7) is 6.03. The van der Waals surface area contributed by atoms with Crippen LogP contribution in [0.3, 0.4) is 0 Å². The SMILES string of the molecule is CCOC(=O)[C@@]12C[C@@H]1[C@@H](n1cnc3c(N[C@H](C4CCC4)C4CC4)nc(I)nc31)[C@@H]1OC(C)(C)O[C@@H]12. The highest BCUT2D eigenvalue weighted by molar-refractivity contribution is 14.1. The van der Waals surface area contributed by atoms with Gasteiger partial charge in [-0.3, -0.25) is 4.79 Å². The molecule has 10 heteroatoms. The second kappa shape index (κ2) is 7.74. The van der Waals surface area contributed by atoms with Crippen LogP contribution in [0.2, 0.25) is 0 Å². The van der Waals surface area contributed by atoms with Crippen LogP contribution >= 0.6 is 22.6 Å². The number of nitrogens with one attached hydrogen (secondary N) is 1. The van der Waals surface area contributed by atoms with Gasteiger partial charge in [-0.1, -0.05) is 6.42 Å². The number of halogens is 1. The lowest BCUT2D eigenvalue weighted by atomic mass is 9.78. The summed E-state index contributed by atoms with van der Waals surface area (Å²) in [5.74, 6) is 1.44. The lowest BCUT2D eigenvalue weighted by molar-refractivity contribution is -0.172. The van der Waals surface area contributed by atoms with Crippen LogP contribution in [0.4, 0.5) is 5.82 Å². The van der Waals surface area contributed by atoms with Gasteiger partial charge in [0, 0.05) is 34.6 Å². The molecule has 4 saturated carbocycles. The predicted molar refractivity (Wildman–Crippen MR) is 136 cm³/mol. The van der Waals surface area contributed by atoms with Gasteiger partial charge in [0.2, 0.25) is 0 Å². The molecule has 0 bridgehead atoms. The normalized spacial score (nSPS) is 35.9. The molecule has 3 heterocycles. The number of imidazole rings is 1. The van der Waals surface area contributed by atoms with Crippen LogP contribution in [0.1, 0.15) is 65.3 Å². The van der Waals surface area contributed by atoms with Gasteiger partial charge in [0.25, 0.3) is 0 Å². The zero-order valence-electron chi connectivity index (χ0n) is 20.4. The molecule has 6 atom stereocenters. The first-order chi connectivity index (χ1) is 16.8. The van der Waals surface area contributed by atoms with Gasteiger partial charge in [-0.15, -0.1) is 0 Å². The van der Waals surface area contributed by atoms with Gasteiger partial charge in [-0.2, -0.15) is 0 Å². The molecule has 1 aliphatic heterocycles. The summed E-state index contributed by atoms with van der Waals surface area (Å²) in [6, 6.07) is 0.367. The predicted octanol–water partition coefficient (Wildman–Crippen LogP) is 4.07. The number of aromatic nitrogens is 4. The van der Waals surface area contributed by atoms with Crippen LogP contribution < -0.4 is 5.32 Å². The van der Waals surface area contributed by atoms with E-state index in [2.05, 4.69) is 32.5 Å². The summed E-state index contributed by atoms with van der Waals surface area (Å²) in [4.78, 5) is 27.5. The first-order valence-corrected chi connectivity index (χ1v) is 14.1. The van der Waals surface area contributed by atoms with Crippen LogP contribution in [0, 0.1) is 27.0 Å². The average Bonchev–Trinajstić information content (AvgIpc) is 3.64. The van der Waals surface area contributed by atoms with Crippen molar-refractivity contribution in [3.63, 3.8) is 0 Å². The van der Waals surface area contributed by atoms with Gasteiger partial charge in [0.05, 0.1) is 19.0 Å². The fraction of sp³-hybridized carbons (Fsp3) is 0.760. The molecular weight excluding hydrogens is 561 g/mol. The summed E-state index contributed by atoms with van der Waals surface area (Å²) in [5.41, 5.74) is 0.927. The zero-order valence-corrected chi connectivity index (χ0v) is 22.5. The number of nitrogens with zero attached hydrogens (tertiary/aromatic N) is 4. The number of carbonyl (C=O) groups excluding carboxylic acids is 1. The van der Waals surface area contributed by atoms with Crippen molar-refractivity contribution in [2.75, 3.05) is 11.9 Å². The topological polar surface area (TPSA) is 100 Å². The van der Waals surface area contributed by atoms with E-state index in [0.717, 1.165) is 35.2 Å². The second-order valence-corrected chi connectivity index (χ2v) is 12.4. The summed E-state index contributed by atoms with van der Waals surface area (Å²) in [7, 11) is 0. The molecule has 0 radical (unpaired) electrons. The lowest BCUT2D eigenvalue weighted by Gasteiger charge is -2.35. The first-order valence-electron chi connectivity index (χ1n) is 13.0. The Morgan fingerprint density at radius 1 is 1.26 bits per heavy atom. The largest absolute Gasteiger partial charge is 0.465 e. The highest BCUT2D eigenvalue weighted by atomic mass is 127. The monoisotopic (exact) mass is 593 g/mol. The number of ether oxygens (including phenoxy) is 3. The van der Waals surface area contributed by atoms with Gasteiger partial charge >= 0.3 is 5.97 Å². The van der Waals surface area contributed by atoms with E-state index in [0.29, 0.717) is 16.5 Å². The van der Waals surface area contributed by atoms with E-state index in [1.165, 1.54) is 32.1 Å². The van der Waals surface area contributed by atoms with Crippen molar-refractivity contribution in [3.8, 4) is 0 Å². The van der Waals surface area contributed by atoms with Crippen molar-refractivity contribution in [2.45, 2.75) is 89.4 Å². The molecule has 188 valence electrons. The Kier molecular flexibility index (Phi) is 5.01. The first kappa shape index (κ1) is 22.7. The Balaban J connectivity index is 1.27. The molecule has 5 fully saturated rings. The fourth-order valence-electron chi connectivity index (χ4n) is 6.93. The van der Waals surface area contributed by atoms with E-state index in [4.69, 9.17) is 29.2 Å². The second-order valence-electron chi connectivity index (χ2n) is 11.4. The molecule has 4 aliphatic carbocycles. The molecule has 1 saturated heterocycles. The average molecular weight is 593 g/mol. The lowest BCUT2D eigenvalue weighted by Crippen LogP contribution is -2.36. The third-order valence-corrected chi connectivity index (χ3v) is 9.39. The smallest absolute Gasteiger partial charge is 0.315 e. The van der Waals surface area contributed by atoms with Crippen molar-refractivity contribution in [1.82, 2.24) is 19.5 Å². The van der Waals surface area contributed by atoms with Gasteiger partial charge in [-0.25, -0.2) is 15.0 Å². The maximum atomic E-state index is 13.1. The number of hydrogen-bond donors (Lipinski definition) is 1. The summed E-state index contributed by atoms with van der Waals surface area (Å²) in [5, 5.41) is 3.79. The third-order valence-electron chi connectivity index (χ3n) is 8.91. The minimum absolute atomic E-state index is 0.0725. The van der Waals surface area contributed by atoms with Crippen molar-refractivity contribution in [2.24, 2.45) is 23.2 Å². The zero-order chi connectivity index (χ0) is 24.1. The van der Waals surface area contributed by atoms with Crippen LogP contribution in [-0.4, -0.2) is 56.1 Å². The Morgan fingerprint density at radius 3 is 2.71 bits per heavy atom.